The summed E-state index contributed by atoms with van der Waals surface area (Å²) in [6.07, 6.45) is 1.20. The largest absolute Gasteiger partial charge is 0.500 e. The number of nitro groups is 1. The summed E-state index contributed by atoms with van der Waals surface area (Å²) >= 11 is 0. The molecule has 2 N–H and O–H groups in total. The van der Waals surface area contributed by atoms with E-state index in [0.717, 1.165) is 17.2 Å². The van der Waals surface area contributed by atoms with Gasteiger partial charge in [-0.3, -0.25) is 14.9 Å². The summed E-state index contributed by atoms with van der Waals surface area (Å²) in [4.78, 5) is 22.0. The molecule has 2 rings (SSSR count). The van der Waals surface area contributed by atoms with Gasteiger partial charge in [-0.1, -0.05) is 6.07 Å². The highest BCUT2D eigenvalue weighted by Gasteiger charge is 2.19. The normalized spacial score (nSPS) is 10.6. The molecule has 0 aliphatic carbocycles. The molecule has 2 aromatic rings. The van der Waals surface area contributed by atoms with E-state index in [1.807, 2.05) is 32.0 Å². The number of hydrazone groups is 1. The van der Waals surface area contributed by atoms with Crippen molar-refractivity contribution in [3.8, 4) is 17.2 Å². The van der Waals surface area contributed by atoms with Crippen molar-refractivity contribution in [2.45, 2.75) is 13.8 Å². The van der Waals surface area contributed by atoms with E-state index >= 15 is 0 Å². The molecule has 0 heterocycles. The van der Waals surface area contributed by atoms with Crippen LogP contribution in [0.25, 0.3) is 0 Å². The Hall–Kier alpha value is -3.62. The number of aromatic hydroxyl groups is 1. The smallest absolute Gasteiger partial charge is 0.315 e. The van der Waals surface area contributed by atoms with Crippen LogP contribution in [0.4, 0.5) is 5.69 Å². The Kier molecular flexibility index (Phi) is 6.32. The predicted octanol–water partition coefficient (Wildman–Crippen LogP) is 2.45. The number of hydrogen-bond acceptors (Lipinski definition) is 7. The van der Waals surface area contributed by atoms with Gasteiger partial charge in [-0.05, 0) is 43.2 Å². The van der Waals surface area contributed by atoms with Gasteiger partial charge in [-0.15, -0.1) is 0 Å². The highest BCUT2D eigenvalue weighted by Crippen LogP contribution is 2.36. The van der Waals surface area contributed by atoms with Gasteiger partial charge in [0.05, 0.1) is 18.2 Å². The Morgan fingerprint density at radius 1 is 1.26 bits per heavy atom. The summed E-state index contributed by atoms with van der Waals surface area (Å²) in [6, 6.07) is 8.07. The number of hydrogen-bond donors (Lipinski definition) is 2. The molecule has 0 spiro atoms. The zero-order valence-electron chi connectivity index (χ0n) is 15.1. The fourth-order valence-electron chi connectivity index (χ4n) is 2.36. The van der Waals surface area contributed by atoms with E-state index in [4.69, 9.17) is 9.47 Å². The maximum absolute atomic E-state index is 11.8. The Labute approximate surface area is 155 Å². The third-order valence-corrected chi connectivity index (χ3v) is 3.46. The molecule has 0 aromatic heterocycles. The molecule has 9 nitrogen and oxygen atoms in total. The first-order chi connectivity index (χ1) is 12.8. The van der Waals surface area contributed by atoms with Crippen LogP contribution in [0.3, 0.4) is 0 Å². The van der Waals surface area contributed by atoms with Crippen molar-refractivity contribution in [1.82, 2.24) is 5.43 Å². The molecule has 0 aliphatic rings. The molecule has 0 aliphatic heterocycles. The first-order valence-corrected chi connectivity index (χ1v) is 7.88. The SMILES string of the molecule is COc1cc(/C=N/NC(=O)COc2cc(C)cc(C)c2)cc([N+](=O)[O-])c1O. The molecule has 0 fully saturated rings. The maximum atomic E-state index is 11.8. The first-order valence-electron chi connectivity index (χ1n) is 7.88. The minimum atomic E-state index is -0.745. The average Bonchev–Trinajstić information content (AvgIpc) is 2.60. The lowest BCUT2D eigenvalue weighted by Gasteiger charge is -2.07. The van der Waals surface area contributed by atoms with E-state index in [2.05, 4.69) is 10.5 Å². The number of nitrogens with zero attached hydrogens (tertiary/aromatic N) is 2. The number of ether oxygens (including phenoxy) is 2. The van der Waals surface area contributed by atoms with Gasteiger partial charge in [0, 0.05) is 11.6 Å². The molecule has 1 amide bonds. The van der Waals surface area contributed by atoms with E-state index in [9.17, 15) is 20.0 Å². The molecule has 0 saturated carbocycles. The van der Waals surface area contributed by atoms with Crippen molar-refractivity contribution in [3.63, 3.8) is 0 Å². The van der Waals surface area contributed by atoms with Gasteiger partial charge in [-0.25, -0.2) is 5.43 Å². The topological polar surface area (TPSA) is 123 Å². The second-order valence-corrected chi connectivity index (χ2v) is 5.75. The molecule has 142 valence electrons. The number of phenols is 1. The predicted molar refractivity (Wildman–Crippen MR) is 98.5 cm³/mol. The number of aryl methyl sites for hydroxylation is 2. The Morgan fingerprint density at radius 2 is 1.93 bits per heavy atom. The van der Waals surface area contributed by atoms with Crippen molar-refractivity contribution in [3.05, 3.63) is 57.1 Å². The summed E-state index contributed by atoms with van der Waals surface area (Å²) in [6.45, 7) is 3.62. The number of carbonyl (C=O) groups excluding carboxylic acids is 1. The lowest BCUT2D eigenvalue weighted by molar-refractivity contribution is -0.386. The Morgan fingerprint density at radius 3 is 2.52 bits per heavy atom. The Bertz CT molecular complexity index is 875. The Balaban J connectivity index is 1.99. The van der Waals surface area contributed by atoms with E-state index in [1.54, 1.807) is 0 Å². The van der Waals surface area contributed by atoms with E-state index in [0.29, 0.717) is 5.75 Å². The van der Waals surface area contributed by atoms with Crippen molar-refractivity contribution in [2.75, 3.05) is 13.7 Å². The van der Waals surface area contributed by atoms with Gasteiger partial charge in [-0.2, -0.15) is 5.10 Å². The van der Waals surface area contributed by atoms with Crippen molar-refractivity contribution >= 4 is 17.8 Å². The number of carbonyl (C=O) groups is 1. The van der Waals surface area contributed by atoms with Gasteiger partial charge in [0.2, 0.25) is 5.75 Å². The summed E-state index contributed by atoms with van der Waals surface area (Å²) in [5.41, 5.74) is 4.05. The minimum Gasteiger partial charge on any atom is -0.500 e. The average molecular weight is 373 g/mol. The number of phenolic OH excluding ortho intramolecular Hbond substituents is 1. The van der Waals surface area contributed by atoms with Crippen LogP contribution in [0, 0.1) is 24.0 Å². The third kappa shape index (κ3) is 5.43. The molecule has 0 unspecified atom stereocenters. The monoisotopic (exact) mass is 373 g/mol. The number of methoxy groups -OCH3 is 1. The fourth-order valence-corrected chi connectivity index (χ4v) is 2.36. The number of nitro benzene ring substituents is 1. The van der Waals surface area contributed by atoms with Crippen molar-refractivity contribution in [2.24, 2.45) is 5.10 Å². The standard InChI is InChI=1S/C18H19N3O6/c1-11-4-12(2)6-14(5-11)27-10-17(22)20-19-9-13-7-15(21(24)25)18(23)16(8-13)26-3/h4-9,23H,10H2,1-3H3,(H,20,22)/b19-9+. The zero-order valence-corrected chi connectivity index (χ0v) is 15.1. The molecular weight excluding hydrogens is 354 g/mol. The van der Waals surface area contributed by atoms with Gasteiger partial charge < -0.3 is 14.6 Å². The highest BCUT2D eigenvalue weighted by atomic mass is 16.6. The molecule has 0 saturated heterocycles. The van der Waals surface area contributed by atoms with Crippen LogP contribution in [0.5, 0.6) is 17.2 Å². The number of rotatable bonds is 7. The summed E-state index contributed by atoms with van der Waals surface area (Å²) < 4.78 is 10.3. The van der Waals surface area contributed by atoms with Crippen LogP contribution in [-0.4, -0.2) is 35.9 Å². The van der Waals surface area contributed by atoms with Gasteiger partial charge in [0.15, 0.2) is 12.4 Å². The van der Waals surface area contributed by atoms with Gasteiger partial charge >= 0.3 is 5.69 Å². The molecule has 2 aromatic carbocycles. The van der Waals surface area contributed by atoms with Crippen LogP contribution < -0.4 is 14.9 Å². The summed E-state index contributed by atoms with van der Waals surface area (Å²) in [5.74, 6) is -0.572. The molecule has 27 heavy (non-hydrogen) atoms. The van der Waals surface area contributed by atoms with Crippen molar-refractivity contribution in [1.29, 1.82) is 0 Å². The quantitative estimate of drug-likeness (QED) is 0.436. The maximum Gasteiger partial charge on any atom is 0.315 e. The fraction of sp³-hybridized carbons (Fsp3) is 0.222. The number of nitrogens with one attached hydrogen (secondary N) is 1. The third-order valence-electron chi connectivity index (χ3n) is 3.46. The molecule has 0 atom stereocenters. The highest BCUT2D eigenvalue weighted by molar-refractivity contribution is 5.85. The van der Waals surface area contributed by atoms with Crippen LogP contribution in [0.1, 0.15) is 16.7 Å². The molecule has 0 radical (unpaired) electrons. The van der Waals surface area contributed by atoms with Gasteiger partial charge in [0.25, 0.3) is 5.91 Å². The van der Waals surface area contributed by atoms with Gasteiger partial charge in [0.1, 0.15) is 5.75 Å². The van der Waals surface area contributed by atoms with E-state index < -0.39 is 22.3 Å². The molecule has 9 heteroatoms. The number of amides is 1. The minimum absolute atomic E-state index is 0.0740. The second-order valence-electron chi connectivity index (χ2n) is 5.75. The lowest BCUT2D eigenvalue weighted by Crippen LogP contribution is -2.24. The van der Waals surface area contributed by atoms with Crippen molar-refractivity contribution < 1.29 is 24.3 Å². The molecular formula is C18H19N3O6. The number of benzene rings is 2. The van der Waals surface area contributed by atoms with E-state index in [-0.39, 0.29) is 17.9 Å². The lowest BCUT2D eigenvalue weighted by atomic mass is 10.1. The zero-order chi connectivity index (χ0) is 20.0. The second kappa shape index (κ2) is 8.65. The van der Waals surface area contributed by atoms with Crippen LogP contribution in [0.2, 0.25) is 0 Å². The van der Waals surface area contributed by atoms with Crippen LogP contribution in [-0.2, 0) is 4.79 Å². The van der Waals surface area contributed by atoms with E-state index in [1.165, 1.54) is 19.4 Å². The summed E-state index contributed by atoms with van der Waals surface area (Å²) in [7, 11) is 1.27. The first kappa shape index (κ1) is 19.7. The summed E-state index contributed by atoms with van der Waals surface area (Å²) in [5, 5.41) is 24.4. The molecule has 0 bridgehead atoms. The van der Waals surface area contributed by atoms with Crippen LogP contribution in [0.15, 0.2) is 35.4 Å². The van der Waals surface area contributed by atoms with Crippen LogP contribution >= 0.6 is 0 Å².